The van der Waals surface area contributed by atoms with E-state index in [0.29, 0.717) is 12.0 Å². The van der Waals surface area contributed by atoms with Crippen molar-refractivity contribution in [3.63, 3.8) is 0 Å². The highest BCUT2D eigenvalue weighted by Gasteiger charge is 2.32. The van der Waals surface area contributed by atoms with E-state index in [2.05, 4.69) is 21.7 Å². The number of rotatable bonds is 3. The van der Waals surface area contributed by atoms with Gasteiger partial charge in [0, 0.05) is 12.0 Å². The van der Waals surface area contributed by atoms with Gasteiger partial charge in [-0.3, -0.25) is 5.10 Å². The molecule has 0 amide bonds. The Hall–Kier alpha value is -0.640. The molecule has 3 rings (SSSR count). The number of hydrogen-bond donors (Lipinski definition) is 1. The summed E-state index contributed by atoms with van der Waals surface area (Å²) < 4.78 is 3.17. The summed E-state index contributed by atoms with van der Waals surface area (Å²) in [4.78, 5) is 0. The molecule has 2 aliphatic rings. The molecule has 1 heterocycles. The van der Waals surface area contributed by atoms with Crippen molar-refractivity contribution >= 4 is 12.2 Å². The molecule has 0 spiro atoms. The largest absolute Gasteiger partial charge is 0.301 e. The molecular formula is C13H21N3S. The Bertz CT molecular complexity index is 436. The van der Waals surface area contributed by atoms with Crippen LogP contribution in [0.4, 0.5) is 0 Å². The number of aromatic amines is 1. The molecule has 0 unspecified atom stereocenters. The van der Waals surface area contributed by atoms with E-state index in [9.17, 15) is 0 Å². The van der Waals surface area contributed by atoms with Crippen LogP contribution in [0, 0.1) is 10.7 Å². The van der Waals surface area contributed by atoms with Crippen LogP contribution in [0.25, 0.3) is 0 Å². The lowest BCUT2D eigenvalue weighted by atomic mass is 9.84. The van der Waals surface area contributed by atoms with Gasteiger partial charge < -0.3 is 4.57 Å². The summed E-state index contributed by atoms with van der Waals surface area (Å²) in [5.74, 6) is 2.86. The highest BCUT2D eigenvalue weighted by atomic mass is 32.1. The molecule has 2 aliphatic carbocycles. The monoisotopic (exact) mass is 251 g/mol. The summed E-state index contributed by atoms with van der Waals surface area (Å²) in [5.41, 5.74) is 0. The van der Waals surface area contributed by atoms with Gasteiger partial charge in [0.15, 0.2) is 4.77 Å². The van der Waals surface area contributed by atoms with Gasteiger partial charge >= 0.3 is 0 Å². The maximum atomic E-state index is 5.40. The van der Waals surface area contributed by atoms with Gasteiger partial charge in [0.2, 0.25) is 0 Å². The van der Waals surface area contributed by atoms with Crippen LogP contribution < -0.4 is 0 Å². The highest BCUT2D eigenvalue weighted by Crippen LogP contribution is 2.42. The lowest BCUT2D eigenvalue weighted by molar-refractivity contribution is 0.264. The van der Waals surface area contributed by atoms with Gasteiger partial charge in [0.25, 0.3) is 0 Å². The SMILES string of the molecule is CCC1CCC(n2c(C3CC3)n[nH]c2=S)CC1. The standard InChI is InChI=1S/C13H21N3S/c1-2-9-3-7-11(8-4-9)16-12(10-5-6-10)14-15-13(16)17/h9-11H,2-8H2,1H3,(H,15,17). The van der Waals surface area contributed by atoms with E-state index in [1.807, 2.05) is 0 Å². The first kappa shape index (κ1) is 11.5. The second-order valence-electron chi connectivity index (χ2n) is 5.61. The van der Waals surface area contributed by atoms with Crippen molar-refractivity contribution in [2.45, 2.75) is 63.8 Å². The molecular weight excluding hydrogens is 230 g/mol. The average molecular weight is 251 g/mol. The fourth-order valence-corrected chi connectivity index (χ4v) is 3.40. The molecule has 1 aromatic rings. The third kappa shape index (κ3) is 2.19. The van der Waals surface area contributed by atoms with E-state index in [4.69, 9.17) is 12.2 Å². The van der Waals surface area contributed by atoms with Crippen molar-refractivity contribution in [2.75, 3.05) is 0 Å². The van der Waals surface area contributed by atoms with Crippen LogP contribution in [0.3, 0.4) is 0 Å². The molecule has 0 radical (unpaired) electrons. The first-order chi connectivity index (χ1) is 8.29. The molecule has 0 atom stereocenters. The third-order valence-corrected chi connectivity index (χ3v) is 4.72. The Morgan fingerprint density at radius 3 is 2.53 bits per heavy atom. The minimum atomic E-state index is 0.611. The maximum absolute atomic E-state index is 5.40. The van der Waals surface area contributed by atoms with Crippen LogP contribution in [0.2, 0.25) is 0 Å². The van der Waals surface area contributed by atoms with Gasteiger partial charge in [0.1, 0.15) is 5.82 Å². The minimum Gasteiger partial charge on any atom is -0.301 e. The third-order valence-electron chi connectivity index (χ3n) is 4.43. The molecule has 3 nitrogen and oxygen atoms in total. The van der Waals surface area contributed by atoms with Crippen molar-refractivity contribution in [3.8, 4) is 0 Å². The topological polar surface area (TPSA) is 33.6 Å². The zero-order valence-corrected chi connectivity index (χ0v) is 11.3. The number of nitrogens with one attached hydrogen (secondary N) is 1. The number of hydrogen-bond acceptors (Lipinski definition) is 2. The molecule has 1 N–H and O–H groups in total. The van der Waals surface area contributed by atoms with Crippen molar-refractivity contribution in [3.05, 3.63) is 10.6 Å². The van der Waals surface area contributed by atoms with Gasteiger partial charge in [-0.1, -0.05) is 13.3 Å². The van der Waals surface area contributed by atoms with E-state index < -0.39 is 0 Å². The van der Waals surface area contributed by atoms with E-state index in [1.165, 1.54) is 50.8 Å². The molecule has 2 fully saturated rings. The molecule has 94 valence electrons. The Kier molecular flexibility index (Phi) is 3.07. The highest BCUT2D eigenvalue weighted by molar-refractivity contribution is 7.71. The number of aromatic nitrogens is 3. The maximum Gasteiger partial charge on any atom is 0.195 e. The Morgan fingerprint density at radius 2 is 1.94 bits per heavy atom. The molecule has 4 heteroatoms. The molecule has 2 saturated carbocycles. The molecule has 0 saturated heterocycles. The summed E-state index contributed by atoms with van der Waals surface area (Å²) in [6.07, 6.45) is 9.21. The Labute approximate surface area is 108 Å². The average Bonchev–Trinajstić information content (AvgIpc) is 3.13. The van der Waals surface area contributed by atoms with Crippen LogP contribution in [-0.2, 0) is 0 Å². The van der Waals surface area contributed by atoms with Crippen LogP contribution >= 0.6 is 12.2 Å². The van der Waals surface area contributed by atoms with Gasteiger partial charge in [-0.05, 0) is 56.7 Å². The van der Waals surface area contributed by atoms with Crippen molar-refractivity contribution in [1.29, 1.82) is 0 Å². The van der Waals surface area contributed by atoms with Crippen molar-refractivity contribution < 1.29 is 0 Å². The summed E-state index contributed by atoms with van der Waals surface area (Å²) in [7, 11) is 0. The van der Waals surface area contributed by atoms with E-state index in [-0.39, 0.29) is 0 Å². The van der Waals surface area contributed by atoms with E-state index >= 15 is 0 Å². The molecule has 0 bridgehead atoms. The van der Waals surface area contributed by atoms with Crippen molar-refractivity contribution in [1.82, 2.24) is 14.8 Å². The first-order valence-electron chi connectivity index (χ1n) is 6.96. The van der Waals surface area contributed by atoms with E-state index in [1.54, 1.807) is 0 Å². The van der Waals surface area contributed by atoms with Crippen LogP contribution in [0.5, 0.6) is 0 Å². The fourth-order valence-electron chi connectivity index (χ4n) is 3.11. The van der Waals surface area contributed by atoms with Crippen LogP contribution in [0.1, 0.15) is 69.7 Å². The van der Waals surface area contributed by atoms with Gasteiger partial charge in [-0.2, -0.15) is 5.10 Å². The van der Waals surface area contributed by atoms with E-state index in [0.717, 1.165) is 10.7 Å². The minimum absolute atomic E-state index is 0.611. The second-order valence-corrected chi connectivity index (χ2v) is 6.00. The van der Waals surface area contributed by atoms with Crippen LogP contribution in [0.15, 0.2) is 0 Å². The summed E-state index contributed by atoms with van der Waals surface area (Å²) >= 11 is 5.40. The molecule has 1 aromatic heterocycles. The quantitative estimate of drug-likeness (QED) is 0.825. The van der Waals surface area contributed by atoms with Gasteiger partial charge in [-0.25, -0.2) is 0 Å². The Balaban J connectivity index is 1.80. The normalized spacial score (nSPS) is 29.5. The molecule has 17 heavy (non-hydrogen) atoms. The zero-order chi connectivity index (χ0) is 11.8. The number of nitrogens with zero attached hydrogens (tertiary/aromatic N) is 2. The second kappa shape index (κ2) is 4.56. The van der Waals surface area contributed by atoms with Crippen LogP contribution in [-0.4, -0.2) is 14.8 Å². The van der Waals surface area contributed by atoms with Crippen molar-refractivity contribution in [2.24, 2.45) is 5.92 Å². The van der Waals surface area contributed by atoms with Gasteiger partial charge in [0.05, 0.1) is 0 Å². The summed E-state index contributed by atoms with van der Waals surface area (Å²) in [6, 6.07) is 0.611. The Morgan fingerprint density at radius 1 is 1.24 bits per heavy atom. The lowest BCUT2D eigenvalue weighted by Crippen LogP contribution is -2.19. The molecule has 0 aliphatic heterocycles. The summed E-state index contributed by atoms with van der Waals surface area (Å²) in [5, 5.41) is 7.43. The zero-order valence-electron chi connectivity index (χ0n) is 10.5. The predicted molar refractivity (Wildman–Crippen MR) is 70.7 cm³/mol. The lowest BCUT2D eigenvalue weighted by Gasteiger charge is -2.29. The first-order valence-corrected chi connectivity index (χ1v) is 7.37. The molecule has 0 aromatic carbocycles. The predicted octanol–water partition coefficient (Wildman–Crippen LogP) is 3.96. The summed E-state index contributed by atoms with van der Waals surface area (Å²) in [6.45, 7) is 2.31. The number of H-pyrrole nitrogens is 1. The smallest absolute Gasteiger partial charge is 0.195 e. The fraction of sp³-hybridized carbons (Fsp3) is 0.846. The van der Waals surface area contributed by atoms with Gasteiger partial charge in [-0.15, -0.1) is 0 Å².